The molecule has 0 aliphatic carbocycles. The van der Waals surface area contributed by atoms with Crippen molar-refractivity contribution < 1.29 is 9.53 Å². The Kier molecular flexibility index (Phi) is 4.40. The van der Waals surface area contributed by atoms with Crippen LogP contribution in [0.15, 0.2) is 0 Å². The third kappa shape index (κ3) is 4.88. The van der Waals surface area contributed by atoms with E-state index in [2.05, 4.69) is 0 Å². The predicted molar refractivity (Wildman–Crippen MR) is 53.3 cm³/mol. The van der Waals surface area contributed by atoms with Gasteiger partial charge in [0.05, 0.1) is 0 Å². The SMILES string of the molecule is CC[C@@H](C)[C@H](N)C(=O)OC(C)(C)C. The van der Waals surface area contributed by atoms with E-state index < -0.39 is 11.6 Å². The molecule has 0 aliphatic rings. The summed E-state index contributed by atoms with van der Waals surface area (Å²) in [6.45, 7) is 9.49. The molecule has 0 spiro atoms. The van der Waals surface area contributed by atoms with Gasteiger partial charge in [0.1, 0.15) is 11.6 Å². The van der Waals surface area contributed by atoms with Crippen LogP contribution in [0.5, 0.6) is 0 Å². The zero-order chi connectivity index (χ0) is 10.6. The van der Waals surface area contributed by atoms with E-state index in [4.69, 9.17) is 10.5 Å². The van der Waals surface area contributed by atoms with Crippen molar-refractivity contribution in [1.29, 1.82) is 0 Å². The molecule has 0 aromatic heterocycles. The van der Waals surface area contributed by atoms with Gasteiger partial charge in [-0.2, -0.15) is 0 Å². The van der Waals surface area contributed by atoms with Gasteiger partial charge in [0.25, 0.3) is 0 Å². The van der Waals surface area contributed by atoms with Crippen LogP contribution in [0.3, 0.4) is 0 Å². The van der Waals surface area contributed by atoms with Gasteiger partial charge >= 0.3 is 5.97 Å². The highest BCUT2D eigenvalue weighted by molar-refractivity contribution is 5.76. The standard InChI is InChI=1S/C10H21NO2/c1-6-7(2)8(11)9(12)13-10(3,4)5/h7-8H,6,11H2,1-5H3/t7-,8+/m1/s1. The molecule has 0 aliphatic heterocycles. The molecule has 0 rings (SSSR count). The fourth-order valence-corrected chi connectivity index (χ4v) is 0.856. The second kappa shape index (κ2) is 4.61. The number of carbonyl (C=O) groups is 1. The lowest BCUT2D eigenvalue weighted by Gasteiger charge is -2.24. The summed E-state index contributed by atoms with van der Waals surface area (Å²) in [4.78, 5) is 11.4. The highest BCUT2D eigenvalue weighted by atomic mass is 16.6. The lowest BCUT2D eigenvalue weighted by atomic mass is 10.00. The second-order valence-corrected chi connectivity index (χ2v) is 4.44. The van der Waals surface area contributed by atoms with Crippen molar-refractivity contribution >= 4 is 5.97 Å². The number of hydrogen-bond donors (Lipinski definition) is 1. The van der Waals surface area contributed by atoms with Crippen LogP contribution in [0.1, 0.15) is 41.0 Å². The number of carbonyl (C=O) groups excluding carboxylic acids is 1. The maximum atomic E-state index is 11.4. The lowest BCUT2D eigenvalue weighted by molar-refractivity contribution is -0.157. The van der Waals surface area contributed by atoms with Gasteiger partial charge in [-0.15, -0.1) is 0 Å². The smallest absolute Gasteiger partial charge is 0.323 e. The van der Waals surface area contributed by atoms with Crippen molar-refractivity contribution in [3.8, 4) is 0 Å². The molecule has 0 bridgehead atoms. The minimum absolute atomic E-state index is 0.176. The van der Waals surface area contributed by atoms with Crippen molar-refractivity contribution in [2.24, 2.45) is 11.7 Å². The molecule has 0 fully saturated rings. The highest BCUT2D eigenvalue weighted by Crippen LogP contribution is 2.12. The van der Waals surface area contributed by atoms with Gasteiger partial charge in [0, 0.05) is 0 Å². The van der Waals surface area contributed by atoms with Crippen LogP contribution in [0.25, 0.3) is 0 Å². The summed E-state index contributed by atoms with van der Waals surface area (Å²) in [5, 5.41) is 0. The molecule has 0 aromatic carbocycles. The second-order valence-electron chi connectivity index (χ2n) is 4.44. The van der Waals surface area contributed by atoms with Crippen molar-refractivity contribution in [1.82, 2.24) is 0 Å². The average Bonchev–Trinajstić information content (AvgIpc) is 1.98. The van der Waals surface area contributed by atoms with E-state index in [1.807, 2.05) is 34.6 Å². The summed E-state index contributed by atoms with van der Waals surface area (Å²) >= 11 is 0. The van der Waals surface area contributed by atoms with Crippen molar-refractivity contribution in [3.05, 3.63) is 0 Å². The molecular formula is C10H21NO2. The molecule has 78 valence electrons. The molecule has 3 heteroatoms. The van der Waals surface area contributed by atoms with Gasteiger partial charge in [-0.1, -0.05) is 20.3 Å². The van der Waals surface area contributed by atoms with Crippen LogP contribution >= 0.6 is 0 Å². The van der Waals surface area contributed by atoms with Crippen LogP contribution < -0.4 is 5.73 Å². The van der Waals surface area contributed by atoms with Gasteiger partial charge in [-0.3, -0.25) is 4.79 Å². The summed E-state index contributed by atoms with van der Waals surface area (Å²) < 4.78 is 5.16. The Morgan fingerprint density at radius 2 is 1.92 bits per heavy atom. The Bertz CT molecular complexity index is 172. The Balaban J connectivity index is 4.12. The Morgan fingerprint density at radius 1 is 1.46 bits per heavy atom. The van der Waals surface area contributed by atoms with Crippen molar-refractivity contribution in [2.75, 3.05) is 0 Å². The number of ether oxygens (including phenoxy) is 1. The third-order valence-corrected chi connectivity index (χ3v) is 1.94. The number of hydrogen-bond acceptors (Lipinski definition) is 3. The molecule has 2 atom stereocenters. The largest absolute Gasteiger partial charge is 0.459 e. The highest BCUT2D eigenvalue weighted by Gasteiger charge is 2.25. The molecule has 0 unspecified atom stereocenters. The zero-order valence-corrected chi connectivity index (χ0v) is 9.26. The normalized spacial score (nSPS) is 16.5. The fraction of sp³-hybridized carbons (Fsp3) is 0.900. The van der Waals surface area contributed by atoms with Crippen LogP contribution in [0.2, 0.25) is 0 Å². The first-order valence-electron chi connectivity index (χ1n) is 4.76. The van der Waals surface area contributed by atoms with Crippen LogP contribution in [-0.2, 0) is 9.53 Å². The third-order valence-electron chi connectivity index (χ3n) is 1.94. The Morgan fingerprint density at radius 3 is 2.23 bits per heavy atom. The molecule has 0 aromatic rings. The van der Waals surface area contributed by atoms with Gasteiger partial charge in [-0.05, 0) is 26.7 Å². The van der Waals surface area contributed by atoms with E-state index in [0.29, 0.717) is 0 Å². The predicted octanol–water partition coefficient (Wildman–Crippen LogP) is 1.70. The monoisotopic (exact) mass is 187 g/mol. The molecule has 0 heterocycles. The first-order valence-corrected chi connectivity index (χ1v) is 4.76. The molecule has 0 saturated carbocycles. The van der Waals surface area contributed by atoms with Crippen molar-refractivity contribution in [2.45, 2.75) is 52.7 Å². The van der Waals surface area contributed by atoms with Gasteiger partial charge < -0.3 is 10.5 Å². The van der Waals surface area contributed by atoms with E-state index in [1.165, 1.54) is 0 Å². The van der Waals surface area contributed by atoms with E-state index in [0.717, 1.165) is 6.42 Å². The minimum Gasteiger partial charge on any atom is -0.459 e. The summed E-state index contributed by atoms with van der Waals surface area (Å²) in [5.74, 6) is -0.128. The topological polar surface area (TPSA) is 52.3 Å². The molecular weight excluding hydrogens is 166 g/mol. The van der Waals surface area contributed by atoms with E-state index in [9.17, 15) is 4.79 Å². The minimum atomic E-state index is -0.496. The molecule has 13 heavy (non-hydrogen) atoms. The van der Waals surface area contributed by atoms with Crippen LogP contribution in [0.4, 0.5) is 0 Å². The molecule has 3 nitrogen and oxygen atoms in total. The quantitative estimate of drug-likeness (QED) is 0.684. The summed E-state index contributed by atoms with van der Waals surface area (Å²) in [6, 6.07) is -0.496. The number of rotatable bonds is 3. The van der Waals surface area contributed by atoms with Gasteiger partial charge in [0.15, 0.2) is 0 Å². The van der Waals surface area contributed by atoms with Crippen LogP contribution in [-0.4, -0.2) is 17.6 Å². The average molecular weight is 187 g/mol. The summed E-state index contributed by atoms with van der Waals surface area (Å²) in [6.07, 6.45) is 0.889. The maximum absolute atomic E-state index is 11.4. The first-order chi connectivity index (χ1) is 5.78. The number of nitrogens with two attached hydrogens (primary N) is 1. The Labute approximate surface area is 80.6 Å². The van der Waals surface area contributed by atoms with Gasteiger partial charge in [0.2, 0.25) is 0 Å². The number of esters is 1. The lowest BCUT2D eigenvalue weighted by Crippen LogP contribution is -2.41. The van der Waals surface area contributed by atoms with E-state index in [-0.39, 0.29) is 11.9 Å². The molecule has 0 saturated heterocycles. The van der Waals surface area contributed by atoms with Crippen molar-refractivity contribution in [3.63, 3.8) is 0 Å². The summed E-state index contributed by atoms with van der Waals surface area (Å²) in [7, 11) is 0. The van der Waals surface area contributed by atoms with Gasteiger partial charge in [-0.25, -0.2) is 0 Å². The Hall–Kier alpha value is -0.570. The fourth-order valence-electron chi connectivity index (χ4n) is 0.856. The van der Waals surface area contributed by atoms with E-state index >= 15 is 0 Å². The zero-order valence-electron chi connectivity index (χ0n) is 9.26. The van der Waals surface area contributed by atoms with Crippen LogP contribution in [0, 0.1) is 5.92 Å². The molecule has 0 amide bonds. The first kappa shape index (κ1) is 12.4. The van der Waals surface area contributed by atoms with E-state index in [1.54, 1.807) is 0 Å². The molecule has 2 N–H and O–H groups in total. The maximum Gasteiger partial charge on any atom is 0.323 e. The molecule has 0 radical (unpaired) electrons. The summed E-state index contributed by atoms with van der Waals surface area (Å²) in [5.41, 5.74) is 5.26.